The van der Waals surface area contributed by atoms with Gasteiger partial charge in [-0.15, -0.1) is 0 Å². The normalized spacial score (nSPS) is 21.1. The Kier molecular flexibility index (Phi) is 6.63. The summed E-state index contributed by atoms with van der Waals surface area (Å²) in [5.74, 6) is 1.36. The Morgan fingerprint density at radius 2 is 2.05 bits per heavy atom. The van der Waals surface area contributed by atoms with E-state index in [1.807, 2.05) is 30.5 Å². The summed E-state index contributed by atoms with van der Waals surface area (Å²) in [6, 6.07) is 0.188. The fourth-order valence-corrected chi connectivity index (χ4v) is 3.77. The van der Waals surface area contributed by atoms with Gasteiger partial charge in [0.2, 0.25) is 5.91 Å². The fraction of sp³-hybridized carbons (Fsp3) is 0.929. The van der Waals surface area contributed by atoms with Crippen LogP contribution >= 0.6 is 11.8 Å². The second-order valence-electron chi connectivity index (χ2n) is 5.74. The molecule has 1 aliphatic rings. The van der Waals surface area contributed by atoms with Gasteiger partial charge in [0.25, 0.3) is 0 Å². The van der Waals surface area contributed by atoms with E-state index < -0.39 is 0 Å². The fourth-order valence-electron chi connectivity index (χ4n) is 2.63. The van der Waals surface area contributed by atoms with Gasteiger partial charge in [-0.2, -0.15) is 11.8 Å². The Balaban J connectivity index is 2.60. The van der Waals surface area contributed by atoms with Crippen molar-refractivity contribution in [2.24, 2.45) is 5.73 Å². The van der Waals surface area contributed by atoms with E-state index in [-0.39, 0.29) is 16.7 Å². The summed E-state index contributed by atoms with van der Waals surface area (Å²) in [5.41, 5.74) is 5.90. The van der Waals surface area contributed by atoms with Crippen LogP contribution in [0.5, 0.6) is 0 Å². The number of carbonyl (C=O) groups is 1. The maximum absolute atomic E-state index is 12.2. The van der Waals surface area contributed by atoms with Crippen molar-refractivity contribution >= 4 is 17.7 Å². The summed E-state index contributed by atoms with van der Waals surface area (Å²) in [5, 5.41) is 0. The molecule has 4 nitrogen and oxygen atoms in total. The first-order valence-electron chi connectivity index (χ1n) is 7.29. The summed E-state index contributed by atoms with van der Waals surface area (Å²) in [6.45, 7) is 12.8. The zero-order valence-corrected chi connectivity index (χ0v) is 13.6. The number of amides is 1. The van der Waals surface area contributed by atoms with Gasteiger partial charge in [0.1, 0.15) is 0 Å². The summed E-state index contributed by atoms with van der Waals surface area (Å²) in [4.78, 5) is 16.5. The lowest BCUT2D eigenvalue weighted by Gasteiger charge is -2.41. The van der Waals surface area contributed by atoms with E-state index in [1.165, 1.54) is 0 Å². The molecule has 5 heteroatoms. The third-order valence-corrected chi connectivity index (χ3v) is 5.07. The molecule has 1 rings (SSSR count). The summed E-state index contributed by atoms with van der Waals surface area (Å²) < 4.78 is 0.268. The lowest BCUT2D eigenvalue weighted by atomic mass is 10.1. The molecule has 0 saturated carbocycles. The number of carbonyl (C=O) groups excluding carboxylic acids is 1. The van der Waals surface area contributed by atoms with Crippen LogP contribution in [-0.2, 0) is 4.79 Å². The van der Waals surface area contributed by atoms with Crippen LogP contribution in [0.15, 0.2) is 0 Å². The van der Waals surface area contributed by atoms with Crippen LogP contribution in [0.25, 0.3) is 0 Å². The molecule has 1 heterocycles. The standard InChI is InChI=1S/C14H29N3OS/c1-5-16(6-2)13(18)9-12(10-15)17-7-8-19-14(3,4)11-17/h12H,5-11,15H2,1-4H3. The van der Waals surface area contributed by atoms with Crippen LogP contribution < -0.4 is 5.73 Å². The van der Waals surface area contributed by atoms with Gasteiger partial charge >= 0.3 is 0 Å². The smallest absolute Gasteiger partial charge is 0.224 e. The van der Waals surface area contributed by atoms with Crippen LogP contribution in [0.1, 0.15) is 34.1 Å². The third kappa shape index (κ3) is 4.97. The van der Waals surface area contributed by atoms with Crippen molar-refractivity contribution in [3.63, 3.8) is 0 Å². The summed E-state index contributed by atoms with van der Waals surface area (Å²) in [7, 11) is 0. The zero-order valence-electron chi connectivity index (χ0n) is 12.8. The van der Waals surface area contributed by atoms with Crippen molar-refractivity contribution in [3.05, 3.63) is 0 Å². The topological polar surface area (TPSA) is 49.6 Å². The molecular weight excluding hydrogens is 258 g/mol. The summed E-state index contributed by atoms with van der Waals surface area (Å²) in [6.07, 6.45) is 0.554. The van der Waals surface area contributed by atoms with E-state index in [1.54, 1.807) is 0 Å². The zero-order chi connectivity index (χ0) is 14.5. The first-order valence-corrected chi connectivity index (χ1v) is 8.28. The predicted molar refractivity (Wildman–Crippen MR) is 83.5 cm³/mol. The molecular formula is C14H29N3OS. The molecule has 19 heavy (non-hydrogen) atoms. The number of nitrogens with zero attached hydrogens (tertiary/aromatic N) is 2. The Morgan fingerprint density at radius 3 is 2.53 bits per heavy atom. The van der Waals surface area contributed by atoms with Crippen molar-refractivity contribution in [1.82, 2.24) is 9.80 Å². The number of hydrogen-bond donors (Lipinski definition) is 1. The Morgan fingerprint density at radius 1 is 1.42 bits per heavy atom. The number of rotatable bonds is 6. The van der Waals surface area contributed by atoms with Crippen molar-refractivity contribution in [2.75, 3.05) is 38.5 Å². The van der Waals surface area contributed by atoms with Gasteiger partial charge in [0.15, 0.2) is 0 Å². The van der Waals surface area contributed by atoms with Crippen LogP contribution in [0, 0.1) is 0 Å². The minimum Gasteiger partial charge on any atom is -0.343 e. The average Bonchev–Trinajstić information content (AvgIpc) is 2.36. The molecule has 0 aliphatic carbocycles. The molecule has 1 fully saturated rings. The van der Waals surface area contributed by atoms with Crippen LogP contribution in [0.4, 0.5) is 0 Å². The molecule has 0 bridgehead atoms. The van der Waals surface area contributed by atoms with Gasteiger partial charge < -0.3 is 10.6 Å². The number of nitrogens with two attached hydrogens (primary N) is 1. The van der Waals surface area contributed by atoms with Gasteiger partial charge in [-0.3, -0.25) is 9.69 Å². The largest absolute Gasteiger partial charge is 0.343 e. The van der Waals surface area contributed by atoms with Gasteiger partial charge in [-0.25, -0.2) is 0 Å². The minimum absolute atomic E-state index is 0.188. The van der Waals surface area contributed by atoms with E-state index in [4.69, 9.17) is 5.73 Å². The van der Waals surface area contributed by atoms with E-state index in [2.05, 4.69) is 18.7 Å². The lowest BCUT2D eigenvalue weighted by Crippen LogP contribution is -2.52. The van der Waals surface area contributed by atoms with Crippen LogP contribution in [-0.4, -0.2) is 65.0 Å². The first-order chi connectivity index (χ1) is 8.93. The highest BCUT2D eigenvalue weighted by Gasteiger charge is 2.31. The predicted octanol–water partition coefficient (Wildman–Crippen LogP) is 1.40. The molecule has 1 saturated heterocycles. The monoisotopic (exact) mass is 287 g/mol. The Hall–Kier alpha value is -0.260. The van der Waals surface area contributed by atoms with Crippen molar-refractivity contribution < 1.29 is 4.79 Å². The van der Waals surface area contributed by atoms with Crippen molar-refractivity contribution in [3.8, 4) is 0 Å². The molecule has 1 amide bonds. The molecule has 112 valence electrons. The van der Waals surface area contributed by atoms with Crippen molar-refractivity contribution in [1.29, 1.82) is 0 Å². The highest BCUT2D eigenvalue weighted by Crippen LogP contribution is 2.30. The SMILES string of the molecule is CCN(CC)C(=O)CC(CN)N1CCSC(C)(C)C1. The van der Waals surface area contributed by atoms with Gasteiger partial charge in [0, 0.05) is 55.7 Å². The van der Waals surface area contributed by atoms with E-state index >= 15 is 0 Å². The molecule has 2 N–H and O–H groups in total. The molecule has 0 aromatic rings. The highest BCUT2D eigenvalue weighted by molar-refractivity contribution is 8.00. The maximum Gasteiger partial charge on any atom is 0.224 e. The number of hydrogen-bond acceptors (Lipinski definition) is 4. The van der Waals surface area contributed by atoms with Crippen LogP contribution in [0.3, 0.4) is 0 Å². The molecule has 0 aromatic heterocycles. The van der Waals surface area contributed by atoms with Gasteiger partial charge in [-0.1, -0.05) is 0 Å². The van der Waals surface area contributed by atoms with Crippen molar-refractivity contribution in [2.45, 2.75) is 44.9 Å². The first kappa shape index (κ1) is 16.8. The van der Waals surface area contributed by atoms with E-state index in [0.29, 0.717) is 13.0 Å². The second-order valence-corrected chi connectivity index (χ2v) is 7.54. The molecule has 0 radical (unpaired) electrons. The molecule has 0 aromatic carbocycles. The Bertz CT molecular complexity index is 292. The maximum atomic E-state index is 12.2. The lowest BCUT2D eigenvalue weighted by molar-refractivity contribution is -0.132. The molecule has 1 aliphatic heterocycles. The summed E-state index contributed by atoms with van der Waals surface area (Å²) >= 11 is 2.01. The third-order valence-electron chi connectivity index (χ3n) is 3.77. The molecule has 1 atom stereocenters. The molecule has 0 spiro atoms. The minimum atomic E-state index is 0.188. The average molecular weight is 287 g/mol. The van der Waals surface area contributed by atoms with E-state index in [9.17, 15) is 4.79 Å². The van der Waals surface area contributed by atoms with Crippen LogP contribution in [0.2, 0.25) is 0 Å². The highest BCUT2D eigenvalue weighted by atomic mass is 32.2. The van der Waals surface area contributed by atoms with Gasteiger partial charge in [-0.05, 0) is 27.7 Å². The Labute approximate surface area is 122 Å². The quantitative estimate of drug-likeness (QED) is 0.802. The number of thioether (sulfide) groups is 1. The second kappa shape index (κ2) is 7.50. The van der Waals surface area contributed by atoms with E-state index in [0.717, 1.165) is 31.9 Å². The van der Waals surface area contributed by atoms with Gasteiger partial charge in [0.05, 0.1) is 0 Å². The molecule has 1 unspecified atom stereocenters.